The van der Waals surface area contributed by atoms with Gasteiger partial charge in [0.2, 0.25) is 0 Å². The van der Waals surface area contributed by atoms with Crippen molar-refractivity contribution in [1.82, 2.24) is 14.8 Å². The monoisotopic (exact) mass is 429 g/mol. The maximum absolute atomic E-state index is 5.85. The Bertz CT molecular complexity index is 877. The number of halogens is 1. The summed E-state index contributed by atoms with van der Waals surface area (Å²) in [6.07, 6.45) is 1.85. The van der Waals surface area contributed by atoms with E-state index in [1.807, 2.05) is 47.0 Å². The predicted octanol–water partition coefficient (Wildman–Crippen LogP) is 5.41. The molecule has 0 aliphatic heterocycles. The molecule has 1 heterocycles. The zero-order chi connectivity index (χ0) is 18.4. The molecule has 0 bridgehead atoms. The van der Waals surface area contributed by atoms with E-state index in [9.17, 15) is 0 Å². The minimum absolute atomic E-state index is 0.376. The fourth-order valence-electron chi connectivity index (χ4n) is 2.40. The van der Waals surface area contributed by atoms with Crippen LogP contribution in [0.3, 0.4) is 0 Å². The maximum Gasteiger partial charge on any atom is 0.191 e. The van der Waals surface area contributed by atoms with Crippen molar-refractivity contribution in [2.75, 3.05) is 0 Å². The summed E-state index contributed by atoms with van der Waals surface area (Å²) >= 11 is 5.17. The summed E-state index contributed by atoms with van der Waals surface area (Å²) in [5, 5.41) is 9.51. The van der Waals surface area contributed by atoms with E-state index >= 15 is 0 Å². The smallest absolute Gasteiger partial charge is 0.191 e. The van der Waals surface area contributed by atoms with Crippen molar-refractivity contribution in [2.45, 2.75) is 31.0 Å². The summed E-state index contributed by atoms with van der Waals surface area (Å²) < 4.78 is 8.98. The van der Waals surface area contributed by atoms with Crippen LogP contribution < -0.4 is 4.74 Å². The lowest BCUT2D eigenvalue weighted by molar-refractivity contribution is 0.289. The predicted molar refractivity (Wildman–Crippen MR) is 109 cm³/mol. The number of hydrogen-bond acceptors (Lipinski definition) is 4. The van der Waals surface area contributed by atoms with Crippen molar-refractivity contribution in [2.24, 2.45) is 0 Å². The first-order valence-electron chi connectivity index (χ1n) is 8.25. The van der Waals surface area contributed by atoms with E-state index < -0.39 is 0 Å². The number of ether oxygens (including phenoxy) is 1. The lowest BCUT2D eigenvalue weighted by atomic mass is 10.2. The van der Waals surface area contributed by atoms with Gasteiger partial charge in [-0.3, -0.25) is 4.57 Å². The molecule has 0 spiro atoms. The Labute approximate surface area is 166 Å². The molecular formula is C20H20BrN3OS. The highest BCUT2D eigenvalue weighted by Gasteiger charge is 2.12. The van der Waals surface area contributed by atoms with Crippen molar-refractivity contribution >= 4 is 27.7 Å². The van der Waals surface area contributed by atoms with Crippen LogP contribution in [0.4, 0.5) is 0 Å². The Balaban J connectivity index is 1.68. The number of hydrogen-bond donors (Lipinski definition) is 0. The van der Waals surface area contributed by atoms with Gasteiger partial charge in [-0.15, -0.1) is 16.8 Å². The van der Waals surface area contributed by atoms with E-state index in [4.69, 9.17) is 4.74 Å². The first-order chi connectivity index (χ1) is 12.7. The van der Waals surface area contributed by atoms with E-state index in [2.05, 4.69) is 51.8 Å². The molecule has 3 aromatic rings. The van der Waals surface area contributed by atoms with Crippen molar-refractivity contribution < 1.29 is 4.74 Å². The Morgan fingerprint density at radius 3 is 2.73 bits per heavy atom. The van der Waals surface area contributed by atoms with Crippen LogP contribution in [-0.4, -0.2) is 14.8 Å². The molecular weight excluding hydrogens is 410 g/mol. The Hall–Kier alpha value is -2.05. The van der Waals surface area contributed by atoms with Gasteiger partial charge in [-0.05, 0) is 36.8 Å². The summed E-state index contributed by atoms with van der Waals surface area (Å²) in [6.45, 7) is 6.93. The minimum atomic E-state index is 0.376. The molecule has 0 N–H and O–H groups in total. The minimum Gasteiger partial charge on any atom is -0.486 e. The van der Waals surface area contributed by atoms with E-state index in [0.717, 1.165) is 27.0 Å². The first-order valence-corrected chi connectivity index (χ1v) is 10.0. The lowest BCUT2D eigenvalue weighted by Crippen LogP contribution is -2.07. The van der Waals surface area contributed by atoms with Gasteiger partial charge in [-0.25, -0.2) is 0 Å². The average molecular weight is 430 g/mol. The van der Waals surface area contributed by atoms with Crippen molar-refractivity contribution in [3.8, 4) is 5.75 Å². The standard InChI is InChI=1S/C20H20BrN3OS/c1-3-11-24-19(13-25-18-9-7-15(2)8-10-18)22-23-20(24)26-14-16-5-4-6-17(21)12-16/h3-10,12H,1,11,13-14H2,2H3. The zero-order valence-corrected chi connectivity index (χ0v) is 17.0. The normalized spacial score (nSPS) is 10.7. The van der Waals surface area contributed by atoms with Crippen LogP contribution in [0.5, 0.6) is 5.75 Å². The van der Waals surface area contributed by atoms with E-state index in [1.165, 1.54) is 11.1 Å². The van der Waals surface area contributed by atoms with Crippen molar-refractivity contribution in [1.29, 1.82) is 0 Å². The number of allylic oxidation sites excluding steroid dienone is 1. The van der Waals surface area contributed by atoms with E-state index in [0.29, 0.717) is 13.2 Å². The summed E-state index contributed by atoms with van der Waals surface area (Å²) in [4.78, 5) is 0. The maximum atomic E-state index is 5.85. The number of aromatic nitrogens is 3. The molecule has 0 unspecified atom stereocenters. The molecule has 0 fully saturated rings. The van der Waals surface area contributed by atoms with Crippen molar-refractivity contribution in [3.63, 3.8) is 0 Å². The molecule has 134 valence electrons. The van der Waals surface area contributed by atoms with Gasteiger partial charge in [0.05, 0.1) is 0 Å². The van der Waals surface area contributed by atoms with Gasteiger partial charge in [0, 0.05) is 16.8 Å². The van der Waals surface area contributed by atoms with Gasteiger partial charge in [0.1, 0.15) is 12.4 Å². The molecule has 2 aromatic carbocycles. The molecule has 0 saturated heterocycles. The fraction of sp³-hybridized carbons (Fsp3) is 0.200. The lowest BCUT2D eigenvalue weighted by Gasteiger charge is -2.09. The molecule has 0 amide bonds. The van der Waals surface area contributed by atoms with Gasteiger partial charge in [-0.2, -0.15) is 0 Å². The van der Waals surface area contributed by atoms with Crippen LogP contribution in [-0.2, 0) is 18.9 Å². The summed E-state index contributed by atoms with van der Waals surface area (Å²) in [7, 11) is 0. The Kier molecular flexibility index (Phi) is 6.52. The molecule has 6 heteroatoms. The fourth-order valence-corrected chi connectivity index (χ4v) is 3.76. The average Bonchev–Trinajstić information content (AvgIpc) is 3.02. The third-order valence-corrected chi connectivity index (χ3v) is 5.28. The van der Waals surface area contributed by atoms with Gasteiger partial charge in [0.15, 0.2) is 11.0 Å². The third kappa shape index (κ3) is 4.99. The van der Waals surface area contributed by atoms with Gasteiger partial charge in [-0.1, -0.05) is 63.6 Å². The Morgan fingerprint density at radius 1 is 1.19 bits per heavy atom. The van der Waals surface area contributed by atoms with Crippen LogP contribution >= 0.6 is 27.7 Å². The van der Waals surface area contributed by atoms with Crippen LogP contribution in [0.15, 0.2) is 70.8 Å². The first kappa shape index (κ1) is 18.7. The molecule has 26 heavy (non-hydrogen) atoms. The molecule has 0 aliphatic carbocycles. The summed E-state index contributed by atoms with van der Waals surface area (Å²) in [5.74, 6) is 2.45. The number of rotatable bonds is 8. The van der Waals surface area contributed by atoms with Crippen molar-refractivity contribution in [3.05, 3.63) is 82.6 Å². The SMILES string of the molecule is C=CCn1c(COc2ccc(C)cc2)nnc1SCc1cccc(Br)c1. The highest BCUT2D eigenvalue weighted by atomic mass is 79.9. The van der Waals surface area contributed by atoms with Crippen LogP contribution in [0.2, 0.25) is 0 Å². The second-order valence-corrected chi connectivity index (χ2v) is 7.68. The molecule has 1 aromatic heterocycles. The largest absolute Gasteiger partial charge is 0.486 e. The highest BCUT2D eigenvalue weighted by Crippen LogP contribution is 2.24. The summed E-state index contributed by atoms with van der Waals surface area (Å²) in [5.41, 5.74) is 2.44. The molecule has 0 atom stereocenters. The number of benzene rings is 2. The third-order valence-electron chi connectivity index (χ3n) is 3.75. The molecule has 0 radical (unpaired) electrons. The Morgan fingerprint density at radius 2 is 2.00 bits per heavy atom. The van der Waals surface area contributed by atoms with Crippen LogP contribution in [0.25, 0.3) is 0 Å². The second-order valence-electron chi connectivity index (χ2n) is 5.82. The second kappa shape index (κ2) is 9.05. The van der Waals surface area contributed by atoms with Gasteiger partial charge >= 0.3 is 0 Å². The molecule has 3 rings (SSSR count). The van der Waals surface area contributed by atoms with E-state index in [1.54, 1.807) is 11.8 Å². The molecule has 0 saturated carbocycles. The number of nitrogens with zero attached hydrogens (tertiary/aromatic N) is 3. The number of thioether (sulfide) groups is 1. The quantitative estimate of drug-likeness (QED) is 0.354. The highest BCUT2D eigenvalue weighted by molar-refractivity contribution is 9.10. The van der Waals surface area contributed by atoms with Gasteiger partial charge in [0.25, 0.3) is 0 Å². The molecule has 4 nitrogen and oxygen atoms in total. The summed E-state index contributed by atoms with van der Waals surface area (Å²) in [6, 6.07) is 16.3. The van der Waals surface area contributed by atoms with Crippen LogP contribution in [0.1, 0.15) is 17.0 Å². The zero-order valence-electron chi connectivity index (χ0n) is 14.6. The topological polar surface area (TPSA) is 39.9 Å². The number of aryl methyl sites for hydroxylation is 1. The van der Waals surface area contributed by atoms with Crippen LogP contribution in [0, 0.1) is 6.92 Å². The van der Waals surface area contributed by atoms with Gasteiger partial charge < -0.3 is 4.74 Å². The molecule has 0 aliphatic rings. The van der Waals surface area contributed by atoms with E-state index in [-0.39, 0.29) is 0 Å².